The van der Waals surface area contributed by atoms with Crippen LogP contribution in [-0.2, 0) is 9.53 Å². The van der Waals surface area contributed by atoms with E-state index in [1.54, 1.807) is 18.2 Å². The number of benzene rings is 4. The van der Waals surface area contributed by atoms with Crippen molar-refractivity contribution in [1.82, 2.24) is 9.97 Å². The van der Waals surface area contributed by atoms with Gasteiger partial charge in [0.1, 0.15) is 16.6 Å². The van der Waals surface area contributed by atoms with E-state index in [0.29, 0.717) is 47.6 Å². The maximum Gasteiger partial charge on any atom is 0.306 e. The third kappa shape index (κ3) is 7.83. The first kappa shape index (κ1) is 31.6. The number of ether oxygens (including phenoxy) is 1. The highest BCUT2D eigenvalue weighted by atomic mass is 19.1. The molecular weight excluding hydrogens is 593 g/mol. The Kier molecular flexibility index (Phi) is 9.26. The summed E-state index contributed by atoms with van der Waals surface area (Å²) in [4.78, 5) is 30.3. The number of nitrogens with one attached hydrogen (secondary N) is 1. The summed E-state index contributed by atoms with van der Waals surface area (Å²) >= 11 is 0. The predicted octanol–water partition coefficient (Wildman–Crippen LogP) is 8.15. The normalized spacial score (nSPS) is 11.2. The minimum atomic E-state index is -0.884. The third-order valence-electron chi connectivity index (χ3n) is 6.57. The summed E-state index contributed by atoms with van der Waals surface area (Å²) in [5.41, 5.74) is 10.5. The molecule has 0 atom stereocenters. The fourth-order valence-corrected chi connectivity index (χ4v) is 4.48. The number of nitrogens with zero attached hydrogens (tertiary/aromatic N) is 3. The summed E-state index contributed by atoms with van der Waals surface area (Å²) < 4.78 is 29.8. The molecule has 0 fully saturated rings. The van der Waals surface area contributed by atoms with Gasteiger partial charge in [0.25, 0.3) is 0 Å². The minimum Gasteiger partial charge on any atom is -0.460 e. The average molecular weight is 626 g/mol. The van der Waals surface area contributed by atoms with Crippen molar-refractivity contribution in [1.29, 1.82) is 0 Å². The van der Waals surface area contributed by atoms with Crippen LogP contribution in [0.3, 0.4) is 0 Å². The number of oxazole rings is 2. The summed E-state index contributed by atoms with van der Waals surface area (Å²) in [6, 6.07) is 23.9. The molecule has 0 bridgehead atoms. The van der Waals surface area contributed by atoms with Gasteiger partial charge in [-0.1, -0.05) is 24.3 Å². The summed E-state index contributed by atoms with van der Waals surface area (Å²) in [5, 5.41) is 13.9. The van der Waals surface area contributed by atoms with Crippen molar-refractivity contribution < 1.29 is 27.7 Å². The molecule has 2 heterocycles. The number of hydrogen-bond donors (Lipinski definition) is 2. The van der Waals surface area contributed by atoms with Crippen LogP contribution in [0, 0.1) is 15.9 Å². The van der Waals surface area contributed by atoms with E-state index in [1.165, 1.54) is 6.07 Å². The van der Waals surface area contributed by atoms with Crippen LogP contribution < -0.4 is 11.1 Å². The Morgan fingerprint density at radius 1 is 0.913 bits per heavy atom. The highest BCUT2D eigenvalue weighted by molar-refractivity contribution is 5.79. The summed E-state index contributed by atoms with van der Waals surface area (Å²) in [6.07, 6.45) is 1.03. The van der Waals surface area contributed by atoms with E-state index >= 15 is 0 Å². The molecular formula is C34H32FN5O6. The number of carbonyl (C=O) groups excluding carboxylic acids is 1. The molecule has 6 aromatic rings. The van der Waals surface area contributed by atoms with Gasteiger partial charge in [-0.15, -0.1) is 0 Å². The van der Waals surface area contributed by atoms with Gasteiger partial charge >= 0.3 is 11.7 Å². The van der Waals surface area contributed by atoms with Crippen LogP contribution in [0.4, 0.5) is 21.5 Å². The number of aromatic nitrogens is 2. The van der Waals surface area contributed by atoms with Gasteiger partial charge < -0.3 is 24.6 Å². The van der Waals surface area contributed by atoms with E-state index < -0.39 is 22.0 Å². The number of anilines is 2. The van der Waals surface area contributed by atoms with Crippen LogP contribution in [-0.4, -0.2) is 33.0 Å². The topological polar surface area (TPSA) is 160 Å². The number of carbonyl (C=O) groups is 1. The first-order valence-electron chi connectivity index (χ1n) is 14.5. The molecule has 0 spiro atoms. The Morgan fingerprint density at radius 3 is 2.02 bits per heavy atom. The standard InChI is InChI=1S/C21H25N3O3.C13H7FN2O3/c1-21(2,3)27-19(25)9-6-12-23-16-11-10-14(13-15(16)22)20-24-17-7-4-5-8-18(17)26-20;14-9-6-5-8(7-11(9)16(17)18)13-15-10-3-1-2-4-12(10)19-13/h4-5,7-8,10-11,13,23H,6,9,12,22H2,1-3H3;1-7H. The number of nitro benzene ring substituents is 1. The molecule has 0 unspecified atom stereocenters. The van der Waals surface area contributed by atoms with Crippen LogP contribution in [0.15, 0.2) is 93.8 Å². The first-order valence-corrected chi connectivity index (χ1v) is 14.5. The van der Waals surface area contributed by atoms with E-state index in [-0.39, 0.29) is 11.9 Å². The largest absolute Gasteiger partial charge is 0.460 e. The predicted molar refractivity (Wildman–Crippen MR) is 173 cm³/mol. The fourth-order valence-electron chi connectivity index (χ4n) is 4.48. The van der Waals surface area contributed by atoms with Crippen molar-refractivity contribution in [3.63, 3.8) is 0 Å². The molecule has 236 valence electrons. The van der Waals surface area contributed by atoms with Crippen LogP contribution in [0.25, 0.3) is 45.1 Å². The summed E-state index contributed by atoms with van der Waals surface area (Å²) in [7, 11) is 0. The molecule has 0 aliphatic carbocycles. The molecule has 11 nitrogen and oxygen atoms in total. The van der Waals surface area contributed by atoms with Crippen molar-refractivity contribution in [3.05, 3.63) is 101 Å². The number of nitrogens with two attached hydrogens (primary N) is 1. The van der Waals surface area contributed by atoms with Crippen LogP contribution in [0.2, 0.25) is 0 Å². The maximum absolute atomic E-state index is 13.2. The van der Waals surface area contributed by atoms with E-state index in [0.717, 1.165) is 34.5 Å². The molecule has 4 aromatic carbocycles. The molecule has 3 N–H and O–H groups in total. The van der Waals surface area contributed by atoms with Crippen LogP contribution >= 0.6 is 0 Å². The van der Waals surface area contributed by atoms with Gasteiger partial charge in [-0.25, -0.2) is 9.97 Å². The van der Waals surface area contributed by atoms with Crippen molar-refractivity contribution in [2.75, 3.05) is 17.6 Å². The lowest BCUT2D eigenvalue weighted by Gasteiger charge is -2.19. The SMILES string of the molecule is CC(C)(C)OC(=O)CCCNc1ccc(-c2nc3ccccc3o2)cc1N.O=[N+]([O-])c1cc(-c2nc3ccccc3o2)ccc1F. The Bertz CT molecular complexity index is 1950. The molecule has 0 saturated carbocycles. The molecule has 2 aromatic heterocycles. The second-order valence-corrected chi connectivity index (χ2v) is 11.3. The van der Waals surface area contributed by atoms with Gasteiger partial charge in [0.2, 0.25) is 17.6 Å². The van der Waals surface area contributed by atoms with E-state index in [9.17, 15) is 19.3 Å². The zero-order valence-electron chi connectivity index (χ0n) is 25.5. The van der Waals surface area contributed by atoms with Crippen LogP contribution in [0.1, 0.15) is 33.6 Å². The zero-order valence-corrected chi connectivity index (χ0v) is 25.5. The highest BCUT2D eigenvalue weighted by Crippen LogP contribution is 2.30. The minimum absolute atomic E-state index is 0.191. The first-order chi connectivity index (χ1) is 22.0. The molecule has 0 amide bonds. The van der Waals surface area contributed by atoms with E-state index in [2.05, 4.69) is 15.3 Å². The lowest BCUT2D eigenvalue weighted by atomic mass is 10.1. The Labute approximate surface area is 263 Å². The van der Waals surface area contributed by atoms with Gasteiger partial charge in [0.15, 0.2) is 11.2 Å². The van der Waals surface area contributed by atoms with Crippen molar-refractivity contribution >= 4 is 45.2 Å². The monoisotopic (exact) mass is 625 g/mol. The third-order valence-corrected chi connectivity index (χ3v) is 6.57. The molecule has 0 saturated heterocycles. The fraction of sp³-hybridized carbons (Fsp3) is 0.206. The van der Waals surface area contributed by atoms with Crippen molar-refractivity contribution in [2.45, 2.75) is 39.2 Å². The van der Waals surface area contributed by atoms with E-state index in [1.807, 2.05) is 69.3 Å². The maximum atomic E-state index is 13.2. The summed E-state index contributed by atoms with van der Waals surface area (Å²) in [6.45, 7) is 6.22. The van der Waals surface area contributed by atoms with Gasteiger partial charge in [-0.05, 0) is 81.8 Å². The quantitative estimate of drug-likeness (QED) is 0.0555. The number of hydrogen-bond acceptors (Lipinski definition) is 10. The smallest absolute Gasteiger partial charge is 0.306 e. The highest BCUT2D eigenvalue weighted by Gasteiger charge is 2.18. The van der Waals surface area contributed by atoms with Crippen molar-refractivity contribution in [2.24, 2.45) is 0 Å². The molecule has 0 aliphatic rings. The Hall–Kier alpha value is -5.78. The van der Waals surface area contributed by atoms with Gasteiger partial charge in [-0.2, -0.15) is 4.39 Å². The number of fused-ring (bicyclic) bond motifs is 2. The second kappa shape index (κ2) is 13.5. The molecule has 12 heteroatoms. The molecule has 0 aliphatic heterocycles. The molecule has 46 heavy (non-hydrogen) atoms. The lowest BCUT2D eigenvalue weighted by molar-refractivity contribution is -0.387. The number of nitro groups is 1. The number of nitrogen functional groups attached to an aromatic ring is 1. The number of para-hydroxylation sites is 4. The van der Waals surface area contributed by atoms with Crippen LogP contribution in [0.5, 0.6) is 0 Å². The van der Waals surface area contributed by atoms with Gasteiger partial charge in [-0.3, -0.25) is 14.9 Å². The van der Waals surface area contributed by atoms with Gasteiger partial charge in [0.05, 0.1) is 16.3 Å². The Morgan fingerprint density at radius 2 is 1.48 bits per heavy atom. The summed E-state index contributed by atoms with van der Waals surface area (Å²) in [5.74, 6) is -0.308. The van der Waals surface area contributed by atoms with Crippen molar-refractivity contribution in [3.8, 4) is 22.9 Å². The second-order valence-electron chi connectivity index (χ2n) is 11.3. The van der Waals surface area contributed by atoms with E-state index in [4.69, 9.17) is 19.3 Å². The lowest BCUT2D eigenvalue weighted by Crippen LogP contribution is -2.24. The number of halogens is 1. The average Bonchev–Trinajstić information content (AvgIpc) is 3.64. The van der Waals surface area contributed by atoms with Gasteiger partial charge in [0, 0.05) is 30.2 Å². The number of rotatable bonds is 8. The Balaban J connectivity index is 0.000000192. The molecule has 0 radical (unpaired) electrons. The molecule has 6 rings (SSSR count). The zero-order chi connectivity index (χ0) is 32.8. The number of esters is 1.